The zero-order chi connectivity index (χ0) is 12.7. The second-order valence-corrected chi connectivity index (χ2v) is 3.67. The summed E-state index contributed by atoms with van der Waals surface area (Å²) in [5.74, 6) is -3.59. The number of rotatable bonds is 2. The third kappa shape index (κ3) is 1.65. The number of hydrogen-bond acceptors (Lipinski definition) is 1. The van der Waals surface area contributed by atoms with E-state index < -0.39 is 24.0 Å². The highest BCUT2D eigenvalue weighted by Crippen LogP contribution is 2.30. The Hall–Kier alpha value is -1.98. The predicted molar refractivity (Wildman–Crippen MR) is 54.4 cm³/mol. The molecule has 0 spiro atoms. The van der Waals surface area contributed by atoms with Crippen molar-refractivity contribution in [1.29, 1.82) is 0 Å². The minimum absolute atomic E-state index is 0.0353. The van der Waals surface area contributed by atoms with E-state index in [2.05, 4.69) is 0 Å². The number of halogens is 3. The van der Waals surface area contributed by atoms with E-state index in [1.807, 2.05) is 0 Å². The molecule has 0 radical (unpaired) electrons. The van der Waals surface area contributed by atoms with E-state index in [1.54, 1.807) is 0 Å². The lowest BCUT2D eigenvalue weighted by atomic mass is 10.1. The van der Waals surface area contributed by atoms with Gasteiger partial charge in [0.15, 0.2) is 11.6 Å². The summed E-state index contributed by atoms with van der Waals surface area (Å²) in [6.07, 6.45) is -0.556. The van der Waals surface area contributed by atoms with Crippen molar-refractivity contribution < 1.29 is 23.2 Å². The van der Waals surface area contributed by atoms with E-state index in [4.69, 9.17) is 5.11 Å². The summed E-state index contributed by atoms with van der Waals surface area (Å²) in [6.45, 7) is 1.32. The zero-order valence-corrected chi connectivity index (χ0v) is 8.80. The maximum Gasteiger partial charge on any atom is 0.307 e. The van der Waals surface area contributed by atoms with Crippen molar-refractivity contribution in [3.05, 3.63) is 35.0 Å². The van der Waals surface area contributed by atoms with Gasteiger partial charge in [0.25, 0.3) is 0 Å². The van der Waals surface area contributed by atoms with E-state index in [0.717, 1.165) is 12.1 Å². The number of carboxylic acid groups (broad SMARTS) is 1. The molecule has 90 valence electrons. The van der Waals surface area contributed by atoms with Gasteiger partial charge in [0.2, 0.25) is 0 Å². The molecule has 17 heavy (non-hydrogen) atoms. The molecule has 2 aromatic rings. The molecule has 0 saturated carbocycles. The highest BCUT2D eigenvalue weighted by Gasteiger charge is 2.21. The van der Waals surface area contributed by atoms with Gasteiger partial charge in [0.05, 0.1) is 17.6 Å². The van der Waals surface area contributed by atoms with Gasteiger partial charge in [-0.1, -0.05) is 4.48 Å². The Morgan fingerprint density at radius 1 is 1.41 bits per heavy atom. The average molecular weight is 243 g/mol. The number of nitrogens with zero attached hydrogens (tertiary/aromatic N) is 1. The molecule has 1 heterocycles. The van der Waals surface area contributed by atoms with Crippen LogP contribution >= 0.6 is 0 Å². The normalized spacial score (nSPS) is 11.1. The highest BCUT2D eigenvalue weighted by atomic mass is 19.2. The number of hydrogen-bond donors (Lipinski definition) is 1. The van der Waals surface area contributed by atoms with Gasteiger partial charge < -0.3 is 5.11 Å². The standard InChI is InChI=1S/C11H8F3NO2/c1-5-6(4-9(16)17)10-8(15(5)14)3-2-7(12)11(10)13/h2-3H,4H2,1H3,(H,16,17). The van der Waals surface area contributed by atoms with Crippen LogP contribution in [0.1, 0.15) is 11.3 Å². The number of carboxylic acids is 1. The summed E-state index contributed by atoms with van der Waals surface area (Å²) in [5, 5.41) is 8.36. The smallest absolute Gasteiger partial charge is 0.307 e. The molecular formula is C11H8F3NO2. The van der Waals surface area contributed by atoms with Crippen LogP contribution in [0.25, 0.3) is 10.9 Å². The number of carbonyl (C=O) groups is 1. The van der Waals surface area contributed by atoms with Gasteiger partial charge >= 0.3 is 5.97 Å². The molecule has 0 bridgehead atoms. The Kier molecular flexibility index (Phi) is 2.57. The van der Waals surface area contributed by atoms with Crippen molar-refractivity contribution in [3.63, 3.8) is 0 Å². The number of fused-ring (bicyclic) bond motifs is 1. The largest absolute Gasteiger partial charge is 0.481 e. The van der Waals surface area contributed by atoms with Gasteiger partial charge in [-0.15, -0.1) is 0 Å². The molecule has 0 saturated heterocycles. The molecule has 1 N–H and O–H groups in total. The second-order valence-electron chi connectivity index (χ2n) is 3.67. The molecule has 6 heteroatoms. The van der Waals surface area contributed by atoms with Crippen molar-refractivity contribution in [2.45, 2.75) is 13.3 Å². The van der Waals surface area contributed by atoms with Crippen LogP contribution in [0.2, 0.25) is 0 Å². The van der Waals surface area contributed by atoms with Crippen LogP contribution in [0.5, 0.6) is 0 Å². The van der Waals surface area contributed by atoms with Crippen LogP contribution in [0.3, 0.4) is 0 Å². The quantitative estimate of drug-likeness (QED) is 0.880. The summed E-state index contributed by atoms with van der Waals surface area (Å²) < 4.78 is 40.2. The van der Waals surface area contributed by atoms with E-state index in [9.17, 15) is 18.1 Å². The first-order valence-corrected chi connectivity index (χ1v) is 4.79. The molecule has 0 atom stereocenters. The van der Waals surface area contributed by atoms with Crippen molar-refractivity contribution in [1.82, 2.24) is 4.79 Å². The molecule has 0 unspecified atom stereocenters. The fourth-order valence-electron chi connectivity index (χ4n) is 1.84. The summed E-state index contributed by atoms with van der Waals surface area (Å²) in [6, 6.07) is 1.88. The van der Waals surface area contributed by atoms with Crippen molar-refractivity contribution >= 4 is 16.9 Å². The van der Waals surface area contributed by atoms with Crippen LogP contribution in [0, 0.1) is 18.6 Å². The van der Waals surface area contributed by atoms with E-state index in [-0.39, 0.29) is 26.9 Å². The topological polar surface area (TPSA) is 42.2 Å². The van der Waals surface area contributed by atoms with Crippen LogP contribution in [-0.4, -0.2) is 15.9 Å². The molecule has 0 aliphatic heterocycles. The summed E-state index contributed by atoms with van der Waals surface area (Å²) >= 11 is 0. The molecule has 2 rings (SSSR count). The number of aliphatic carboxylic acids is 1. The molecule has 1 aromatic carbocycles. The predicted octanol–water partition coefficient (Wildman–Crippen LogP) is 2.59. The first-order valence-electron chi connectivity index (χ1n) is 4.79. The monoisotopic (exact) mass is 243 g/mol. The van der Waals surface area contributed by atoms with Gasteiger partial charge in [0, 0.05) is 5.39 Å². The summed E-state index contributed by atoms with van der Waals surface area (Å²) in [5.41, 5.74) is -0.253. The first kappa shape index (κ1) is 11.5. The Bertz CT molecular complexity index is 619. The van der Waals surface area contributed by atoms with Crippen molar-refractivity contribution in [3.8, 4) is 0 Å². The fourth-order valence-corrected chi connectivity index (χ4v) is 1.84. The fraction of sp³-hybridized carbons (Fsp3) is 0.182. The summed E-state index contributed by atoms with van der Waals surface area (Å²) in [7, 11) is 0. The number of aromatic nitrogens is 1. The minimum Gasteiger partial charge on any atom is -0.481 e. The lowest BCUT2D eigenvalue weighted by Crippen LogP contribution is -2.02. The second kappa shape index (κ2) is 3.80. The molecule has 0 fully saturated rings. The SMILES string of the molecule is Cc1c(CC(=O)O)c2c(F)c(F)ccc2n1F. The van der Waals surface area contributed by atoms with Crippen LogP contribution in [0.15, 0.2) is 12.1 Å². The molecule has 0 aliphatic carbocycles. The van der Waals surface area contributed by atoms with Gasteiger partial charge in [-0.05, 0) is 24.6 Å². The maximum atomic E-state index is 13.6. The zero-order valence-electron chi connectivity index (χ0n) is 8.80. The molecule has 0 aliphatic rings. The van der Waals surface area contributed by atoms with Crippen LogP contribution < -0.4 is 0 Å². The minimum atomic E-state index is -1.23. The third-order valence-electron chi connectivity index (χ3n) is 2.65. The van der Waals surface area contributed by atoms with E-state index in [0.29, 0.717) is 0 Å². The average Bonchev–Trinajstić information content (AvgIpc) is 2.49. The number of benzene rings is 1. The van der Waals surface area contributed by atoms with Crippen LogP contribution in [0.4, 0.5) is 13.3 Å². The van der Waals surface area contributed by atoms with E-state index in [1.165, 1.54) is 6.92 Å². The van der Waals surface area contributed by atoms with Gasteiger partial charge in [-0.25, -0.2) is 8.78 Å². The Morgan fingerprint density at radius 2 is 2.06 bits per heavy atom. The lowest BCUT2D eigenvalue weighted by molar-refractivity contribution is -0.136. The van der Waals surface area contributed by atoms with Gasteiger partial charge in [0.1, 0.15) is 0 Å². The van der Waals surface area contributed by atoms with E-state index >= 15 is 0 Å². The molecule has 1 aromatic heterocycles. The third-order valence-corrected chi connectivity index (χ3v) is 2.65. The van der Waals surface area contributed by atoms with Gasteiger partial charge in [-0.3, -0.25) is 4.79 Å². The van der Waals surface area contributed by atoms with Crippen molar-refractivity contribution in [2.75, 3.05) is 0 Å². The first-order chi connectivity index (χ1) is 7.93. The highest BCUT2D eigenvalue weighted by molar-refractivity contribution is 5.89. The molecular weight excluding hydrogens is 235 g/mol. The van der Waals surface area contributed by atoms with Crippen LogP contribution in [-0.2, 0) is 11.2 Å². The maximum absolute atomic E-state index is 13.6. The molecule has 3 nitrogen and oxygen atoms in total. The Morgan fingerprint density at radius 3 is 2.65 bits per heavy atom. The van der Waals surface area contributed by atoms with Crippen molar-refractivity contribution in [2.24, 2.45) is 0 Å². The Labute approximate surface area is 94.0 Å². The Balaban J connectivity index is 2.85. The molecule has 0 amide bonds. The van der Waals surface area contributed by atoms with Gasteiger partial charge in [-0.2, -0.15) is 4.79 Å². The lowest BCUT2D eigenvalue weighted by Gasteiger charge is -1.98. The summed E-state index contributed by atoms with van der Waals surface area (Å²) in [4.78, 5) is 10.8.